The van der Waals surface area contributed by atoms with Crippen LogP contribution in [0.25, 0.3) is 0 Å². The number of unbranched alkanes of at least 4 members (excludes halogenated alkanes) is 1. The highest BCUT2D eigenvalue weighted by atomic mass is 35.5. The van der Waals surface area contributed by atoms with Gasteiger partial charge >= 0.3 is 0 Å². The van der Waals surface area contributed by atoms with Gasteiger partial charge in [-0.05, 0) is 68.3 Å². The molecule has 0 saturated carbocycles. The second-order valence-electron chi connectivity index (χ2n) is 9.59. The lowest BCUT2D eigenvalue weighted by Crippen LogP contribution is -2.52. The minimum Gasteiger partial charge on any atom is -0.354 e. The Labute approximate surface area is 257 Å². The molecule has 0 saturated heterocycles. The van der Waals surface area contributed by atoms with E-state index in [1.165, 1.54) is 29.2 Å². The lowest BCUT2D eigenvalue weighted by Gasteiger charge is -2.33. The van der Waals surface area contributed by atoms with Crippen LogP contribution >= 0.6 is 34.8 Å². The molecule has 41 heavy (non-hydrogen) atoms. The van der Waals surface area contributed by atoms with E-state index in [9.17, 15) is 18.0 Å². The Bertz CT molecular complexity index is 1430. The summed E-state index contributed by atoms with van der Waals surface area (Å²) >= 11 is 18.9. The van der Waals surface area contributed by atoms with Crippen molar-refractivity contribution < 1.29 is 18.0 Å². The predicted molar refractivity (Wildman–Crippen MR) is 166 cm³/mol. The molecule has 1 atom stereocenters. The van der Waals surface area contributed by atoms with Crippen LogP contribution < -0.4 is 9.62 Å². The molecule has 11 heteroatoms. The van der Waals surface area contributed by atoms with Crippen LogP contribution in [0.4, 0.5) is 5.69 Å². The van der Waals surface area contributed by atoms with Crippen LogP contribution in [0.2, 0.25) is 15.1 Å². The molecule has 0 aromatic heterocycles. The normalized spacial score (nSPS) is 12.0. The summed E-state index contributed by atoms with van der Waals surface area (Å²) in [4.78, 5) is 28.7. The number of hydrogen-bond donors (Lipinski definition) is 1. The van der Waals surface area contributed by atoms with Gasteiger partial charge in [0.05, 0.1) is 10.6 Å². The Hall–Kier alpha value is -2.78. The SMILES string of the molecule is CCCCNC(=O)[C@@H](CC)N(Cc1c(Cl)cccc1Cl)C(=O)CN(c1ccc(C)cc1)S(=O)(=O)c1ccc(Cl)cc1. The highest BCUT2D eigenvalue weighted by Gasteiger charge is 2.34. The first-order valence-electron chi connectivity index (χ1n) is 13.3. The van der Waals surface area contributed by atoms with E-state index in [1.54, 1.807) is 49.4 Å². The minimum absolute atomic E-state index is 0.0275. The summed E-state index contributed by atoms with van der Waals surface area (Å²) in [6.07, 6.45) is 1.97. The van der Waals surface area contributed by atoms with Crippen LogP contribution in [0.15, 0.2) is 71.6 Å². The molecule has 3 rings (SSSR count). The molecule has 0 heterocycles. The molecule has 220 valence electrons. The van der Waals surface area contributed by atoms with Gasteiger partial charge in [-0.3, -0.25) is 13.9 Å². The highest BCUT2D eigenvalue weighted by Crippen LogP contribution is 2.29. The number of aryl methyl sites for hydroxylation is 1. The van der Waals surface area contributed by atoms with Gasteiger partial charge in [0.2, 0.25) is 11.8 Å². The molecule has 0 unspecified atom stereocenters. The average Bonchev–Trinajstić information content (AvgIpc) is 2.94. The van der Waals surface area contributed by atoms with Gasteiger partial charge in [0.25, 0.3) is 10.0 Å². The Morgan fingerprint density at radius 1 is 0.902 bits per heavy atom. The first kappa shape index (κ1) is 32.7. The van der Waals surface area contributed by atoms with Crippen molar-refractivity contribution in [2.24, 2.45) is 0 Å². The van der Waals surface area contributed by atoms with E-state index in [0.29, 0.717) is 39.3 Å². The quantitative estimate of drug-likeness (QED) is 0.207. The van der Waals surface area contributed by atoms with Crippen molar-refractivity contribution in [2.45, 2.75) is 57.5 Å². The molecule has 0 aliphatic heterocycles. The van der Waals surface area contributed by atoms with Crippen molar-refractivity contribution in [1.82, 2.24) is 10.2 Å². The topological polar surface area (TPSA) is 86.8 Å². The number of nitrogens with zero attached hydrogens (tertiary/aromatic N) is 2. The fourth-order valence-corrected chi connectivity index (χ4v) is 6.31. The number of nitrogens with one attached hydrogen (secondary N) is 1. The van der Waals surface area contributed by atoms with Gasteiger partial charge in [-0.2, -0.15) is 0 Å². The molecule has 0 fully saturated rings. The maximum absolute atomic E-state index is 14.1. The van der Waals surface area contributed by atoms with Crippen molar-refractivity contribution in [3.63, 3.8) is 0 Å². The molecule has 1 N–H and O–H groups in total. The maximum Gasteiger partial charge on any atom is 0.264 e. The molecular weight excluding hydrogens is 605 g/mol. The lowest BCUT2D eigenvalue weighted by molar-refractivity contribution is -0.140. The highest BCUT2D eigenvalue weighted by molar-refractivity contribution is 7.92. The van der Waals surface area contributed by atoms with Crippen molar-refractivity contribution in [2.75, 3.05) is 17.4 Å². The number of carbonyl (C=O) groups excluding carboxylic acids is 2. The van der Waals surface area contributed by atoms with E-state index in [2.05, 4.69) is 5.32 Å². The van der Waals surface area contributed by atoms with Crippen LogP contribution in [0, 0.1) is 6.92 Å². The fraction of sp³-hybridized carbons (Fsp3) is 0.333. The molecule has 0 aliphatic rings. The summed E-state index contributed by atoms with van der Waals surface area (Å²) in [7, 11) is -4.20. The van der Waals surface area contributed by atoms with Crippen molar-refractivity contribution in [3.05, 3.63) is 92.9 Å². The van der Waals surface area contributed by atoms with E-state index in [1.807, 2.05) is 13.8 Å². The molecular formula is C30H34Cl3N3O4S. The monoisotopic (exact) mass is 637 g/mol. The Balaban J connectivity index is 2.07. The van der Waals surface area contributed by atoms with E-state index < -0.39 is 28.5 Å². The molecule has 0 aliphatic carbocycles. The van der Waals surface area contributed by atoms with Crippen LogP contribution in [-0.2, 0) is 26.2 Å². The maximum atomic E-state index is 14.1. The van der Waals surface area contributed by atoms with Gasteiger partial charge in [-0.25, -0.2) is 8.42 Å². The largest absolute Gasteiger partial charge is 0.354 e. The number of carbonyl (C=O) groups is 2. The van der Waals surface area contributed by atoms with Crippen molar-refractivity contribution in [3.8, 4) is 0 Å². The average molecular weight is 639 g/mol. The smallest absolute Gasteiger partial charge is 0.264 e. The minimum atomic E-state index is -4.20. The lowest BCUT2D eigenvalue weighted by atomic mass is 10.1. The third kappa shape index (κ3) is 8.38. The summed E-state index contributed by atoms with van der Waals surface area (Å²) in [5.41, 5.74) is 1.69. The summed E-state index contributed by atoms with van der Waals surface area (Å²) < 4.78 is 28.8. The Morgan fingerprint density at radius 3 is 2.07 bits per heavy atom. The number of amides is 2. The number of rotatable bonds is 13. The third-order valence-corrected chi connectivity index (χ3v) is 9.36. The Morgan fingerprint density at radius 2 is 1.51 bits per heavy atom. The number of benzene rings is 3. The molecule has 7 nitrogen and oxygen atoms in total. The molecule has 0 bridgehead atoms. The first-order valence-corrected chi connectivity index (χ1v) is 15.9. The van der Waals surface area contributed by atoms with E-state index in [4.69, 9.17) is 34.8 Å². The zero-order valence-corrected chi connectivity index (χ0v) is 26.3. The van der Waals surface area contributed by atoms with Crippen molar-refractivity contribution in [1.29, 1.82) is 0 Å². The molecule has 3 aromatic carbocycles. The van der Waals surface area contributed by atoms with E-state index in [0.717, 1.165) is 22.7 Å². The fourth-order valence-electron chi connectivity index (χ4n) is 4.25. The van der Waals surface area contributed by atoms with Gasteiger partial charge in [-0.1, -0.05) is 78.8 Å². The van der Waals surface area contributed by atoms with Crippen LogP contribution in [0.5, 0.6) is 0 Å². The van der Waals surface area contributed by atoms with Gasteiger partial charge in [0, 0.05) is 33.7 Å². The number of anilines is 1. The van der Waals surface area contributed by atoms with Crippen LogP contribution in [0.1, 0.15) is 44.2 Å². The summed E-state index contributed by atoms with van der Waals surface area (Å²) in [5, 5.41) is 3.94. The summed E-state index contributed by atoms with van der Waals surface area (Å²) in [5.74, 6) is -0.920. The Kier molecular flexibility index (Phi) is 11.9. The standard InChI is InChI=1S/C30H34Cl3N3O4S/c1-4-6-18-34-30(38)28(5-2)35(19-25-26(32)8-7-9-27(25)33)29(37)20-36(23-14-10-21(3)11-15-23)41(39,40)24-16-12-22(31)13-17-24/h7-17,28H,4-6,18-20H2,1-3H3,(H,34,38)/t28-/m1/s1. The second-order valence-corrected chi connectivity index (χ2v) is 12.7. The van der Waals surface area contributed by atoms with E-state index >= 15 is 0 Å². The zero-order chi connectivity index (χ0) is 30.2. The second kappa shape index (κ2) is 14.9. The van der Waals surface area contributed by atoms with E-state index in [-0.39, 0.29) is 17.3 Å². The van der Waals surface area contributed by atoms with Crippen LogP contribution in [0.3, 0.4) is 0 Å². The number of halogens is 3. The first-order chi connectivity index (χ1) is 19.5. The summed E-state index contributed by atoms with van der Waals surface area (Å²) in [6.45, 7) is 5.50. The molecule has 0 radical (unpaired) electrons. The number of hydrogen-bond acceptors (Lipinski definition) is 4. The zero-order valence-electron chi connectivity index (χ0n) is 23.2. The van der Waals surface area contributed by atoms with Gasteiger partial charge in [0.1, 0.15) is 12.6 Å². The third-order valence-electron chi connectivity index (χ3n) is 6.61. The van der Waals surface area contributed by atoms with Gasteiger partial charge in [0.15, 0.2) is 0 Å². The number of sulfonamides is 1. The summed E-state index contributed by atoms with van der Waals surface area (Å²) in [6, 6.07) is 16.6. The van der Waals surface area contributed by atoms with Gasteiger partial charge in [-0.15, -0.1) is 0 Å². The van der Waals surface area contributed by atoms with Crippen molar-refractivity contribution >= 4 is 62.3 Å². The predicted octanol–water partition coefficient (Wildman–Crippen LogP) is 6.87. The molecule has 0 spiro atoms. The van der Waals surface area contributed by atoms with Gasteiger partial charge < -0.3 is 10.2 Å². The van der Waals surface area contributed by atoms with Crippen LogP contribution in [-0.4, -0.2) is 44.3 Å². The molecule has 3 aromatic rings. The molecule has 2 amide bonds.